The predicted octanol–water partition coefficient (Wildman–Crippen LogP) is 4.23. The molecule has 1 aliphatic rings. The molecule has 0 spiro atoms. The van der Waals surface area contributed by atoms with Gasteiger partial charge in [-0.1, -0.05) is 24.3 Å². The number of hydrogen-bond donors (Lipinski definition) is 1. The van der Waals surface area contributed by atoms with Crippen molar-refractivity contribution < 1.29 is 22.3 Å². The van der Waals surface area contributed by atoms with E-state index in [1.807, 2.05) is 12.1 Å². The summed E-state index contributed by atoms with van der Waals surface area (Å²) in [6.07, 6.45) is 1.62. The largest absolute Gasteiger partial charge is 0.494 e. The van der Waals surface area contributed by atoms with Gasteiger partial charge in [-0.3, -0.25) is 9.52 Å². The number of sulfonamides is 1. The summed E-state index contributed by atoms with van der Waals surface area (Å²) >= 11 is 0. The number of carbonyl (C=O) groups is 1. The number of ether oxygens (including phenoxy) is 1. The second-order valence-corrected chi connectivity index (χ2v) is 8.85. The van der Waals surface area contributed by atoms with Crippen molar-refractivity contribution in [3.05, 3.63) is 83.7 Å². The number of hydrogen-bond acceptors (Lipinski definition) is 4. The van der Waals surface area contributed by atoms with Gasteiger partial charge in [-0.25, -0.2) is 12.8 Å². The van der Waals surface area contributed by atoms with E-state index in [2.05, 4.69) is 4.72 Å². The Labute approximate surface area is 180 Å². The number of amides is 1. The number of aryl methyl sites for hydroxylation is 1. The van der Waals surface area contributed by atoms with E-state index in [1.54, 1.807) is 41.3 Å². The zero-order valence-electron chi connectivity index (χ0n) is 16.8. The molecule has 0 aliphatic carbocycles. The fourth-order valence-electron chi connectivity index (χ4n) is 3.61. The van der Waals surface area contributed by atoms with E-state index in [1.165, 1.54) is 19.2 Å². The summed E-state index contributed by atoms with van der Waals surface area (Å²) in [5.74, 6) is -0.947. The summed E-state index contributed by atoms with van der Waals surface area (Å²) in [7, 11) is -2.72. The summed E-state index contributed by atoms with van der Waals surface area (Å²) in [5, 5.41) is 0. The Kier molecular flexibility index (Phi) is 5.65. The molecule has 0 bridgehead atoms. The molecule has 0 fully saturated rings. The zero-order chi connectivity index (χ0) is 22.0. The average Bonchev–Trinajstić information content (AvgIpc) is 2.78. The van der Waals surface area contributed by atoms with Gasteiger partial charge in [0, 0.05) is 17.8 Å². The van der Waals surface area contributed by atoms with Crippen molar-refractivity contribution in [2.24, 2.45) is 0 Å². The molecule has 160 valence electrons. The molecule has 0 atom stereocenters. The lowest BCUT2D eigenvalue weighted by Crippen LogP contribution is -2.35. The summed E-state index contributed by atoms with van der Waals surface area (Å²) in [5.41, 5.74) is 2.49. The molecule has 4 rings (SSSR count). The molecule has 6 nitrogen and oxygen atoms in total. The number of carbonyl (C=O) groups excluding carboxylic acids is 1. The Bertz CT molecular complexity index is 1230. The highest BCUT2D eigenvalue weighted by Crippen LogP contribution is 2.32. The predicted molar refractivity (Wildman–Crippen MR) is 117 cm³/mol. The standard InChI is InChI=1S/C23H21FN2O4S/c1-30-22-12-11-19(15-20(22)24)31(28,29)25-18-10-9-16-8-5-13-26(21(16)14-18)23(27)17-6-3-2-4-7-17/h2-4,6-7,9-12,14-15,25H,5,8,13H2,1H3. The minimum Gasteiger partial charge on any atom is -0.494 e. The van der Waals surface area contributed by atoms with Crippen molar-refractivity contribution in [3.8, 4) is 5.75 Å². The first kappa shape index (κ1) is 20.9. The van der Waals surface area contributed by atoms with E-state index >= 15 is 0 Å². The molecular formula is C23H21FN2O4S. The van der Waals surface area contributed by atoms with Crippen LogP contribution < -0.4 is 14.4 Å². The third kappa shape index (κ3) is 4.25. The lowest BCUT2D eigenvalue weighted by atomic mass is 10.00. The number of fused-ring (bicyclic) bond motifs is 1. The second kappa shape index (κ2) is 8.39. The number of methoxy groups -OCH3 is 1. The monoisotopic (exact) mass is 440 g/mol. The minimum atomic E-state index is -4.03. The smallest absolute Gasteiger partial charge is 0.262 e. The van der Waals surface area contributed by atoms with E-state index in [-0.39, 0.29) is 16.6 Å². The van der Waals surface area contributed by atoms with E-state index in [9.17, 15) is 17.6 Å². The molecule has 0 unspecified atom stereocenters. The third-order valence-corrected chi connectivity index (χ3v) is 6.53. The number of halogens is 1. The number of rotatable bonds is 5. The molecule has 1 amide bonds. The maximum absolute atomic E-state index is 14.0. The van der Waals surface area contributed by atoms with Crippen molar-refractivity contribution in [3.63, 3.8) is 0 Å². The lowest BCUT2D eigenvalue weighted by Gasteiger charge is -2.30. The molecule has 0 radical (unpaired) electrons. The summed E-state index contributed by atoms with van der Waals surface area (Å²) < 4.78 is 46.8. The van der Waals surface area contributed by atoms with Crippen LogP contribution in [0.5, 0.6) is 5.75 Å². The van der Waals surface area contributed by atoms with Gasteiger partial charge in [0.2, 0.25) is 0 Å². The van der Waals surface area contributed by atoms with Gasteiger partial charge in [0.25, 0.3) is 15.9 Å². The Hall–Kier alpha value is -3.39. The van der Waals surface area contributed by atoms with E-state index in [0.29, 0.717) is 23.5 Å². The number of nitrogens with zero attached hydrogens (tertiary/aromatic N) is 1. The Morgan fingerprint density at radius 1 is 1.06 bits per heavy atom. The topological polar surface area (TPSA) is 75.7 Å². The number of nitrogens with one attached hydrogen (secondary N) is 1. The van der Waals surface area contributed by atoms with Crippen molar-refractivity contribution in [2.45, 2.75) is 17.7 Å². The number of benzene rings is 3. The van der Waals surface area contributed by atoms with Gasteiger partial charge in [-0.2, -0.15) is 0 Å². The van der Waals surface area contributed by atoms with Crippen LogP contribution in [0.15, 0.2) is 71.6 Å². The summed E-state index contributed by atoms with van der Waals surface area (Å²) in [6, 6.07) is 17.5. The van der Waals surface area contributed by atoms with Crippen LogP contribution in [0, 0.1) is 5.82 Å². The molecule has 0 saturated carbocycles. The van der Waals surface area contributed by atoms with Crippen LogP contribution in [0.2, 0.25) is 0 Å². The van der Waals surface area contributed by atoms with E-state index in [0.717, 1.165) is 24.5 Å². The van der Waals surface area contributed by atoms with Crippen molar-refractivity contribution in [1.82, 2.24) is 0 Å². The van der Waals surface area contributed by atoms with Crippen LogP contribution >= 0.6 is 0 Å². The minimum absolute atomic E-state index is 0.0391. The molecule has 31 heavy (non-hydrogen) atoms. The molecule has 8 heteroatoms. The summed E-state index contributed by atoms with van der Waals surface area (Å²) in [6.45, 7) is 0.542. The first-order valence-corrected chi connectivity index (χ1v) is 11.2. The van der Waals surface area contributed by atoms with Crippen LogP contribution in [0.4, 0.5) is 15.8 Å². The SMILES string of the molecule is COc1ccc(S(=O)(=O)Nc2ccc3c(c2)N(C(=O)c2ccccc2)CCC3)cc1F. The Balaban J connectivity index is 1.64. The highest BCUT2D eigenvalue weighted by Gasteiger charge is 2.25. The fraction of sp³-hybridized carbons (Fsp3) is 0.174. The van der Waals surface area contributed by atoms with Gasteiger partial charge in [0.1, 0.15) is 0 Å². The zero-order valence-corrected chi connectivity index (χ0v) is 17.7. The Morgan fingerprint density at radius 2 is 1.84 bits per heavy atom. The fourth-order valence-corrected chi connectivity index (χ4v) is 4.67. The van der Waals surface area contributed by atoms with Crippen molar-refractivity contribution in [2.75, 3.05) is 23.3 Å². The molecule has 3 aromatic rings. The maximum atomic E-state index is 14.0. The normalized spacial score (nSPS) is 13.4. The molecule has 1 aliphatic heterocycles. The van der Waals surface area contributed by atoms with Crippen LogP contribution in [-0.2, 0) is 16.4 Å². The van der Waals surface area contributed by atoms with Crippen molar-refractivity contribution in [1.29, 1.82) is 0 Å². The van der Waals surface area contributed by atoms with Crippen LogP contribution in [0.1, 0.15) is 22.3 Å². The summed E-state index contributed by atoms with van der Waals surface area (Å²) in [4.78, 5) is 14.5. The first-order chi connectivity index (χ1) is 14.9. The van der Waals surface area contributed by atoms with Gasteiger partial charge >= 0.3 is 0 Å². The second-order valence-electron chi connectivity index (χ2n) is 7.17. The van der Waals surface area contributed by atoms with Gasteiger partial charge in [-0.05, 0) is 60.9 Å². The van der Waals surface area contributed by atoms with E-state index < -0.39 is 15.8 Å². The van der Waals surface area contributed by atoms with Crippen LogP contribution in [-0.4, -0.2) is 28.0 Å². The third-order valence-electron chi connectivity index (χ3n) is 5.16. The van der Waals surface area contributed by atoms with E-state index in [4.69, 9.17) is 4.74 Å². The average molecular weight is 440 g/mol. The molecule has 0 aromatic heterocycles. The van der Waals surface area contributed by atoms with Gasteiger partial charge in [0.15, 0.2) is 11.6 Å². The highest BCUT2D eigenvalue weighted by molar-refractivity contribution is 7.92. The van der Waals surface area contributed by atoms with Crippen molar-refractivity contribution >= 4 is 27.3 Å². The quantitative estimate of drug-likeness (QED) is 0.644. The molecule has 1 N–H and O–H groups in total. The molecule has 1 heterocycles. The van der Waals surface area contributed by atoms with Gasteiger partial charge in [-0.15, -0.1) is 0 Å². The first-order valence-electron chi connectivity index (χ1n) is 9.75. The van der Waals surface area contributed by atoms with Gasteiger partial charge < -0.3 is 9.64 Å². The highest BCUT2D eigenvalue weighted by atomic mass is 32.2. The lowest BCUT2D eigenvalue weighted by molar-refractivity contribution is 0.0985. The van der Waals surface area contributed by atoms with Gasteiger partial charge in [0.05, 0.1) is 17.7 Å². The van der Waals surface area contributed by atoms with Crippen LogP contribution in [0.25, 0.3) is 0 Å². The Morgan fingerprint density at radius 3 is 2.55 bits per heavy atom. The molecule has 3 aromatic carbocycles. The number of anilines is 2. The molecular weight excluding hydrogens is 419 g/mol. The molecule has 0 saturated heterocycles. The maximum Gasteiger partial charge on any atom is 0.262 e. The van der Waals surface area contributed by atoms with Crippen LogP contribution in [0.3, 0.4) is 0 Å².